The first kappa shape index (κ1) is 17.8. The third kappa shape index (κ3) is 4.70. The van der Waals surface area contributed by atoms with Crippen LogP contribution in [0.15, 0.2) is 6.20 Å². The summed E-state index contributed by atoms with van der Waals surface area (Å²) in [6.45, 7) is 11.4. The highest BCUT2D eigenvalue weighted by molar-refractivity contribution is 5.68. The van der Waals surface area contributed by atoms with Crippen molar-refractivity contribution >= 4 is 6.09 Å². The van der Waals surface area contributed by atoms with Gasteiger partial charge in [0.1, 0.15) is 5.60 Å². The van der Waals surface area contributed by atoms with Crippen molar-refractivity contribution in [1.29, 1.82) is 0 Å². The standard InChI is InChI=1S/C17H30N4O2/c1-12-9-15(18-10-14-11-19-20(6)13(14)2)7-8-21(12)16(22)23-17(3,4)5/h11-12,15,18H,7-10H2,1-6H3. The number of amides is 1. The number of aromatic nitrogens is 2. The number of piperidine rings is 1. The van der Waals surface area contributed by atoms with E-state index in [9.17, 15) is 4.79 Å². The van der Waals surface area contributed by atoms with Crippen molar-refractivity contribution in [3.63, 3.8) is 0 Å². The number of carbonyl (C=O) groups is 1. The van der Waals surface area contributed by atoms with Gasteiger partial charge in [0.05, 0.1) is 6.20 Å². The van der Waals surface area contributed by atoms with Gasteiger partial charge in [-0.05, 0) is 47.5 Å². The summed E-state index contributed by atoms with van der Waals surface area (Å²) in [5, 5.41) is 7.87. The van der Waals surface area contributed by atoms with Gasteiger partial charge in [0.25, 0.3) is 0 Å². The zero-order valence-electron chi connectivity index (χ0n) is 15.2. The molecule has 2 rings (SSSR count). The van der Waals surface area contributed by atoms with E-state index in [1.807, 2.05) is 43.6 Å². The van der Waals surface area contributed by atoms with Gasteiger partial charge in [-0.3, -0.25) is 4.68 Å². The maximum Gasteiger partial charge on any atom is 0.410 e. The van der Waals surface area contributed by atoms with Crippen LogP contribution in [0.25, 0.3) is 0 Å². The van der Waals surface area contributed by atoms with Gasteiger partial charge in [0.2, 0.25) is 0 Å². The molecule has 2 heterocycles. The summed E-state index contributed by atoms with van der Waals surface area (Å²) in [6.07, 6.45) is 3.61. The molecule has 1 saturated heterocycles. The van der Waals surface area contributed by atoms with Crippen molar-refractivity contribution in [2.45, 2.75) is 71.7 Å². The highest BCUT2D eigenvalue weighted by atomic mass is 16.6. The van der Waals surface area contributed by atoms with E-state index in [4.69, 9.17) is 4.74 Å². The summed E-state index contributed by atoms with van der Waals surface area (Å²) >= 11 is 0. The van der Waals surface area contributed by atoms with Crippen LogP contribution in [0.3, 0.4) is 0 Å². The molecule has 1 aliphatic rings. The van der Waals surface area contributed by atoms with Crippen LogP contribution in [0.4, 0.5) is 4.79 Å². The summed E-state index contributed by atoms with van der Waals surface area (Å²) < 4.78 is 7.38. The Kier molecular flexibility index (Phi) is 5.34. The minimum Gasteiger partial charge on any atom is -0.444 e. The van der Waals surface area contributed by atoms with Crippen LogP contribution >= 0.6 is 0 Å². The molecule has 1 amide bonds. The first-order chi connectivity index (χ1) is 10.7. The summed E-state index contributed by atoms with van der Waals surface area (Å²) in [5.74, 6) is 0. The van der Waals surface area contributed by atoms with Crippen LogP contribution in [0.2, 0.25) is 0 Å². The Hall–Kier alpha value is -1.56. The van der Waals surface area contributed by atoms with E-state index in [0.29, 0.717) is 6.04 Å². The molecule has 0 bridgehead atoms. The van der Waals surface area contributed by atoms with E-state index in [-0.39, 0.29) is 12.1 Å². The van der Waals surface area contributed by atoms with Crippen molar-refractivity contribution < 1.29 is 9.53 Å². The van der Waals surface area contributed by atoms with Crippen LogP contribution in [0, 0.1) is 6.92 Å². The highest BCUT2D eigenvalue weighted by Gasteiger charge is 2.31. The molecule has 0 spiro atoms. The summed E-state index contributed by atoms with van der Waals surface area (Å²) in [7, 11) is 1.96. The fourth-order valence-corrected chi connectivity index (χ4v) is 2.92. The number of hydrogen-bond acceptors (Lipinski definition) is 4. The number of nitrogens with one attached hydrogen (secondary N) is 1. The molecule has 1 aromatic heterocycles. The number of ether oxygens (including phenoxy) is 1. The second-order valence-corrected chi connectivity index (χ2v) is 7.50. The Labute approximate surface area is 139 Å². The van der Waals surface area contributed by atoms with E-state index in [1.54, 1.807) is 0 Å². The quantitative estimate of drug-likeness (QED) is 0.929. The predicted molar refractivity (Wildman–Crippen MR) is 90.2 cm³/mol. The number of hydrogen-bond donors (Lipinski definition) is 1. The van der Waals surface area contributed by atoms with Crippen molar-refractivity contribution in [1.82, 2.24) is 20.0 Å². The van der Waals surface area contributed by atoms with Crippen LogP contribution < -0.4 is 5.32 Å². The van der Waals surface area contributed by atoms with Gasteiger partial charge >= 0.3 is 6.09 Å². The third-order valence-corrected chi connectivity index (χ3v) is 4.42. The molecule has 0 aliphatic carbocycles. The zero-order chi connectivity index (χ0) is 17.2. The van der Waals surface area contributed by atoms with E-state index < -0.39 is 5.60 Å². The van der Waals surface area contributed by atoms with Crippen LogP contribution in [-0.2, 0) is 18.3 Å². The number of carbonyl (C=O) groups excluding carboxylic acids is 1. The van der Waals surface area contributed by atoms with Crippen LogP contribution in [0.1, 0.15) is 51.8 Å². The van der Waals surface area contributed by atoms with Gasteiger partial charge in [-0.25, -0.2) is 4.79 Å². The van der Waals surface area contributed by atoms with Crippen molar-refractivity contribution in [2.75, 3.05) is 6.54 Å². The lowest BCUT2D eigenvalue weighted by Gasteiger charge is -2.38. The molecule has 1 N–H and O–H groups in total. The molecule has 1 aromatic rings. The second-order valence-electron chi connectivity index (χ2n) is 7.50. The summed E-state index contributed by atoms with van der Waals surface area (Å²) in [4.78, 5) is 14.1. The largest absolute Gasteiger partial charge is 0.444 e. The number of likely N-dealkylation sites (tertiary alicyclic amines) is 1. The van der Waals surface area contributed by atoms with E-state index in [2.05, 4.69) is 24.3 Å². The normalized spacial score (nSPS) is 22.3. The fourth-order valence-electron chi connectivity index (χ4n) is 2.92. The first-order valence-corrected chi connectivity index (χ1v) is 8.38. The Morgan fingerprint density at radius 1 is 1.48 bits per heavy atom. The van der Waals surface area contributed by atoms with Crippen LogP contribution in [0.5, 0.6) is 0 Å². The minimum absolute atomic E-state index is 0.186. The smallest absolute Gasteiger partial charge is 0.410 e. The van der Waals surface area contributed by atoms with Gasteiger partial charge in [-0.1, -0.05) is 0 Å². The number of nitrogens with zero attached hydrogens (tertiary/aromatic N) is 3. The molecule has 0 saturated carbocycles. The molecule has 1 fully saturated rings. The molecule has 6 nitrogen and oxygen atoms in total. The van der Waals surface area contributed by atoms with E-state index >= 15 is 0 Å². The number of aryl methyl sites for hydroxylation is 1. The lowest BCUT2D eigenvalue weighted by Crippen LogP contribution is -2.50. The molecule has 6 heteroatoms. The first-order valence-electron chi connectivity index (χ1n) is 8.38. The molecule has 0 aromatic carbocycles. The second kappa shape index (κ2) is 6.91. The molecular weight excluding hydrogens is 292 g/mol. The Bertz CT molecular complexity index is 547. The maximum atomic E-state index is 12.2. The average Bonchev–Trinajstić information content (AvgIpc) is 2.74. The van der Waals surface area contributed by atoms with Crippen LogP contribution in [-0.4, -0.2) is 45.0 Å². The molecule has 0 radical (unpaired) electrons. The Morgan fingerprint density at radius 3 is 2.70 bits per heavy atom. The number of rotatable bonds is 3. The molecule has 23 heavy (non-hydrogen) atoms. The minimum atomic E-state index is -0.441. The van der Waals surface area contributed by atoms with Gasteiger partial charge in [0.15, 0.2) is 0 Å². The van der Waals surface area contributed by atoms with E-state index in [0.717, 1.165) is 25.9 Å². The monoisotopic (exact) mass is 322 g/mol. The lowest BCUT2D eigenvalue weighted by molar-refractivity contribution is 0.00932. The van der Waals surface area contributed by atoms with Gasteiger partial charge < -0.3 is 15.0 Å². The Balaban J connectivity index is 1.84. The van der Waals surface area contributed by atoms with Gasteiger partial charge in [0, 0.05) is 43.5 Å². The third-order valence-electron chi connectivity index (χ3n) is 4.42. The lowest BCUT2D eigenvalue weighted by atomic mass is 9.98. The molecule has 2 atom stereocenters. The SMILES string of the molecule is Cc1c(CNC2CCN(C(=O)OC(C)(C)C)C(C)C2)cnn1C. The van der Waals surface area contributed by atoms with Crippen molar-refractivity contribution in [3.8, 4) is 0 Å². The van der Waals surface area contributed by atoms with Crippen molar-refractivity contribution in [3.05, 3.63) is 17.5 Å². The van der Waals surface area contributed by atoms with Gasteiger partial charge in [-0.15, -0.1) is 0 Å². The predicted octanol–water partition coefficient (Wildman–Crippen LogP) is 2.61. The van der Waals surface area contributed by atoms with Gasteiger partial charge in [-0.2, -0.15) is 5.10 Å². The molecule has 2 unspecified atom stereocenters. The Morgan fingerprint density at radius 2 is 2.17 bits per heavy atom. The average molecular weight is 322 g/mol. The van der Waals surface area contributed by atoms with Crippen molar-refractivity contribution in [2.24, 2.45) is 7.05 Å². The van der Waals surface area contributed by atoms with E-state index in [1.165, 1.54) is 11.3 Å². The zero-order valence-corrected chi connectivity index (χ0v) is 15.2. The fraction of sp³-hybridized carbons (Fsp3) is 0.765. The molecular formula is C17H30N4O2. The topological polar surface area (TPSA) is 59.4 Å². The molecule has 1 aliphatic heterocycles. The highest BCUT2D eigenvalue weighted by Crippen LogP contribution is 2.21. The maximum absolute atomic E-state index is 12.2. The summed E-state index contributed by atoms with van der Waals surface area (Å²) in [5.41, 5.74) is 1.98. The summed E-state index contributed by atoms with van der Waals surface area (Å²) in [6, 6.07) is 0.606. The molecule has 130 valence electrons.